The zero-order valence-electron chi connectivity index (χ0n) is 12.3. The van der Waals surface area contributed by atoms with Crippen molar-refractivity contribution in [3.05, 3.63) is 33.1 Å². The highest BCUT2D eigenvalue weighted by atomic mass is 35.5. The van der Waals surface area contributed by atoms with Gasteiger partial charge in [0, 0.05) is 18.3 Å². The van der Waals surface area contributed by atoms with Gasteiger partial charge in [-0.05, 0) is 19.1 Å². The number of hydrogen-bond donors (Lipinski definition) is 0. The van der Waals surface area contributed by atoms with Crippen LogP contribution < -0.4 is 0 Å². The molecule has 0 bridgehead atoms. The summed E-state index contributed by atoms with van der Waals surface area (Å²) in [4.78, 5) is 15.4. The van der Waals surface area contributed by atoms with Gasteiger partial charge in [0.2, 0.25) is 17.7 Å². The van der Waals surface area contributed by atoms with E-state index in [9.17, 15) is 4.79 Å². The maximum Gasteiger partial charge on any atom is 0.246 e. The molecule has 22 heavy (non-hydrogen) atoms. The van der Waals surface area contributed by atoms with Crippen LogP contribution in [0.25, 0.3) is 0 Å². The van der Waals surface area contributed by atoms with Crippen molar-refractivity contribution >= 4 is 28.8 Å². The van der Waals surface area contributed by atoms with Crippen molar-refractivity contribution in [2.45, 2.75) is 25.9 Å². The standard InChI is InChI=1S/C14H16ClN3O3S/c1-8(11-3-4-12(15)22-11)14(19)18-5-6-20-10(7-18)13-17-16-9(2)21-13/h3-4,8,10H,5-7H2,1-2H3/t8-,10+/m1/s1. The minimum atomic E-state index is -0.363. The van der Waals surface area contributed by atoms with E-state index in [2.05, 4.69) is 10.2 Å². The summed E-state index contributed by atoms with van der Waals surface area (Å²) in [6.45, 7) is 5.06. The number of rotatable bonds is 3. The molecule has 1 fully saturated rings. The number of aryl methyl sites for hydroxylation is 1. The molecule has 2 atom stereocenters. The summed E-state index contributed by atoms with van der Waals surface area (Å²) in [5.74, 6) is 0.745. The van der Waals surface area contributed by atoms with Gasteiger partial charge in [0.25, 0.3) is 0 Å². The number of amides is 1. The van der Waals surface area contributed by atoms with Crippen LogP contribution in [0.3, 0.4) is 0 Å². The van der Waals surface area contributed by atoms with E-state index in [1.165, 1.54) is 11.3 Å². The second-order valence-corrected chi connectivity index (χ2v) is 6.91. The third kappa shape index (κ3) is 3.16. The van der Waals surface area contributed by atoms with Crippen LogP contribution in [0.2, 0.25) is 4.34 Å². The Labute approximate surface area is 137 Å². The van der Waals surface area contributed by atoms with Gasteiger partial charge in [0.1, 0.15) is 0 Å². The molecule has 0 unspecified atom stereocenters. The van der Waals surface area contributed by atoms with Crippen molar-refractivity contribution in [3.63, 3.8) is 0 Å². The highest BCUT2D eigenvalue weighted by Gasteiger charge is 2.31. The second kappa shape index (κ2) is 6.36. The quantitative estimate of drug-likeness (QED) is 0.858. The van der Waals surface area contributed by atoms with E-state index in [0.29, 0.717) is 35.8 Å². The largest absolute Gasteiger partial charge is 0.423 e. The average molecular weight is 342 g/mol. The maximum atomic E-state index is 12.7. The van der Waals surface area contributed by atoms with Crippen molar-refractivity contribution in [1.82, 2.24) is 15.1 Å². The fourth-order valence-corrected chi connectivity index (χ4v) is 3.50. The first-order valence-corrected chi connectivity index (χ1v) is 8.19. The Morgan fingerprint density at radius 3 is 2.95 bits per heavy atom. The lowest BCUT2D eigenvalue weighted by Crippen LogP contribution is -2.44. The molecule has 0 spiro atoms. The molecular weight excluding hydrogens is 326 g/mol. The molecule has 0 aliphatic carbocycles. The lowest BCUT2D eigenvalue weighted by molar-refractivity contribution is -0.141. The van der Waals surface area contributed by atoms with Crippen molar-refractivity contribution in [2.75, 3.05) is 19.7 Å². The Balaban J connectivity index is 1.70. The lowest BCUT2D eigenvalue weighted by atomic mass is 10.1. The van der Waals surface area contributed by atoms with Crippen LogP contribution in [0, 0.1) is 6.92 Å². The summed E-state index contributed by atoms with van der Waals surface area (Å²) < 4.78 is 11.7. The molecule has 118 valence electrons. The summed E-state index contributed by atoms with van der Waals surface area (Å²) in [5.41, 5.74) is 0. The Morgan fingerprint density at radius 2 is 2.32 bits per heavy atom. The number of aromatic nitrogens is 2. The number of hydrogen-bond acceptors (Lipinski definition) is 6. The van der Waals surface area contributed by atoms with E-state index in [-0.39, 0.29) is 17.9 Å². The summed E-state index contributed by atoms with van der Waals surface area (Å²) in [7, 11) is 0. The first-order valence-electron chi connectivity index (χ1n) is 7.00. The summed E-state index contributed by atoms with van der Waals surface area (Å²) in [6.07, 6.45) is -0.363. The number of morpholine rings is 1. The number of carbonyl (C=O) groups is 1. The fourth-order valence-electron chi connectivity index (χ4n) is 2.40. The average Bonchev–Trinajstić information content (AvgIpc) is 3.14. The van der Waals surface area contributed by atoms with Crippen LogP contribution in [-0.4, -0.2) is 40.7 Å². The number of halogens is 1. The molecular formula is C14H16ClN3O3S. The van der Waals surface area contributed by atoms with E-state index in [1.54, 1.807) is 11.8 Å². The van der Waals surface area contributed by atoms with E-state index >= 15 is 0 Å². The zero-order chi connectivity index (χ0) is 15.7. The van der Waals surface area contributed by atoms with Crippen molar-refractivity contribution in [3.8, 4) is 0 Å². The molecule has 2 aromatic heterocycles. The molecule has 0 radical (unpaired) electrons. The molecule has 1 amide bonds. The molecule has 0 saturated carbocycles. The maximum absolute atomic E-state index is 12.7. The number of carbonyl (C=O) groups excluding carboxylic acids is 1. The molecule has 1 saturated heterocycles. The summed E-state index contributed by atoms with van der Waals surface area (Å²) >= 11 is 7.38. The van der Waals surface area contributed by atoms with E-state index in [4.69, 9.17) is 20.8 Å². The summed E-state index contributed by atoms with van der Waals surface area (Å²) in [5, 5.41) is 7.78. The Bertz CT molecular complexity index is 672. The van der Waals surface area contributed by atoms with Crippen molar-refractivity contribution < 1.29 is 13.9 Å². The van der Waals surface area contributed by atoms with Crippen molar-refractivity contribution in [1.29, 1.82) is 0 Å². The van der Waals surface area contributed by atoms with Crippen molar-refractivity contribution in [2.24, 2.45) is 0 Å². The van der Waals surface area contributed by atoms with Gasteiger partial charge in [-0.2, -0.15) is 0 Å². The monoisotopic (exact) mass is 341 g/mol. The van der Waals surface area contributed by atoms with E-state index in [1.807, 2.05) is 19.1 Å². The first kappa shape index (κ1) is 15.5. The molecule has 1 aliphatic heterocycles. The minimum Gasteiger partial charge on any atom is -0.423 e. The highest BCUT2D eigenvalue weighted by molar-refractivity contribution is 7.16. The predicted octanol–water partition coefficient (Wildman–Crippen LogP) is 2.80. The Hall–Kier alpha value is -1.44. The third-order valence-corrected chi connectivity index (χ3v) is 5.00. The van der Waals surface area contributed by atoms with Gasteiger partial charge >= 0.3 is 0 Å². The smallest absolute Gasteiger partial charge is 0.246 e. The molecule has 6 nitrogen and oxygen atoms in total. The van der Waals surface area contributed by atoms with Gasteiger partial charge in [0.15, 0.2) is 6.10 Å². The highest BCUT2D eigenvalue weighted by Crippen LogP contribution is 2.30. The van der Waals surface area contributed by atoms with Gasteiger partial charge in [-0.1, -0.05) is 11.6 Å². The van der Waals surface area contributed by atoms with E-state index in [0.717, 1.165) is 4.88 Å². The SMILES string of the molecule is Cc1nnc([C@@H]2CN(C(=O)[C@H](C)c3ccc(Cl)s3)CCO2)o1. The topological polar surface area (TPSA) is 68.5 Å². The molecule has 0 N–H and O–H groups in total. The lowest BCUT2D eigenvalue weighted by Gasteiger charge is -2.32. The molecule has 3 heterocycles. The summed E-state index contributed by atoms with van der Waals surface area (Å²) in [6, 6.07) is 3.71. The predicted molar refractivity (Wildman–Crippen MR) is 82.1 cm³/mol. The van der Waals surface area contributed by atoms with Gasteiger partial charge < -0.3 is 14.1 Å². The fraction of sp³-hybridized carbons (Fsp3) is 0.500. The normalized spacial score (nSPS) is 20.1. The van der Waals surface area contributed by atoms with Gasteiger partial charge in [0.05, 0.1) is 23.4 Å². The van der Waals surface area contributed by atoms with Gasteiger partial charge in [-0.15, -0.1) is 21.5 Å². The van der Waals surface area contributed by atoms with Crippen LogP contribution in [0.15, 0.2) is 16.5 Å². The number of ether oxygens (including phenoxy) is 1. The minimum absolute atomic E-state index is 0.0584. The first-order chi connectivity index (χ1) is 10.5. The van der Waals surface area contributed by atoms with Gasteiger partial charge in [-0.25, -0.2) is 0 Å². The Kier molecular flexibility index (Phi) is 4.46. The third-order valence-electron chi connectivity index (χ3n) is 3.59. The van der Waals surface area contributed by atoms with E-state index < -0.39 is 0 Å². The molecule has 1 aliphatic rings. The Morgan fingerprint density at radius 1 is 1.50 bits per heavy atom. The second-order valence-electron chi connectivity index (χ2n) is 5.17. The van der Waals surface area contributed by atoms with Crippen LogP contribution in [0.4, 0.5) is 0 Å². The van der Waals surface area contributed by atoms with Gasteiger partial charge in [-0.3, -0.25) is 4.79 Å². The number of nitrogens with zero attached hydrogens (tertiary/aromatic N) is 3. The van der Waals surface area contributed by atoms with Crippen LogP contribution in [0.5, 0.6) is 0 Å². The van der Waals surface area contributed by atoms with Crippen LogP contribution in [-0.2, 0) is 9.53 Å². The van der Waals surface area contributed by atoms with Crippen LogP contribution in [0.1, 0.15) is 35.6 Å². The molecule has 3 rings (SSSR count). The number of thiophene rings is 1. The molecule has 8 heteroatoms. The van der Waals surface area contributed by atoms with Crippen LogP contribution >= 0.6 is 22.9 Å². The molecule has 2 aromatic rings. The molecule has 0 aromatic carbocycles. The zero-order valence-corrected chi connectivity index (χ0v) is 13.9.